The van der Waals surface area contributed by atoms with E-state index < -0.39 is 0 Å². The Morgan fingerprint density at radius 2 is 0.455 bits per heavy atom. The lowest BCUT2D eigenvalue weighted by Gasteiger charge is -2.16. The van der Waals surface area contributed by atoms with Crippen LogP contribution >= 0.6 is 0 Å². The molecule has 134 heavy (non-hydrogen) atoms. The van der Waals surface area contributed by atoms with Crippen LogP contribution in [0.2, 0.25) is 0 Å². The summed E-state index contributed by atoms with van der Waals surface area (Å²) in [6.45, 7) is 0. The second-order valence-electron chi connectivity index (χ2n) is 34.5. The molecule has 0 saturated carbocycles. The van der Waals surface area contributed by atoms with Gasteiger partial charge in [-0.15, -0.1) is 0 Å². The Balaban J connectivity index is 0.000000140. The fourth-order valence-electron chi connectivity index (χ4n) is 20.4. The van der Waals surface area contributed by atoms with E-state index in [2.05, 4.69) is 413 Å². The monoisotopic (exact) mass is 1700 g/mol. The van der Waals surface area contributed by atoms with E-state index in [-0.39, 0.29) is 0 Å². The van der Waals surface area contributed by atoms with E-state index in [0.717, 1.165) is 194 Å². The smallest absolute Gasteiger partial charge is 0.160 e. The Hall–Kier alpha value is -18.0. The summed E-state index contributed by atoms with van der Waals surface area (Å²) in [5.41, 5.74) is 27.7. The van der Waals surface area contributed by atoms with Crippen LogP contribution in [0.3, 0.4) is 0 Å². The highest BCUT2D eigenvalue weighted by atomic mass is 16.3. The van der Waals surface area contributed by atoms with Crippen molar-refractivity contribution in [3.63, 3.8) is 0 Å². The van der Waals surface area contributed by atoms with E-state index in [4.69, 9.17) is 38.7 Å². The molecule has 0 bridgehead atoms. The number of furan rings is 2. The number of fused-ring (bicyclic) bond motifs is 21. The minimum Gasteiger partial charge on any atom is -0.456 e. The van der Waals surface area contributed by atoms with Crippen molar-refractivity contribution >= 4 is 141 Å². The maximum absolute atomic E-state index is 6.71. The fourth-order valence-corrected chi connectivity index (χ4v) is 20.4. The average molecular weight is 1710 g/mol. The molecule has 6 heterocycles. The van der Waals surface area contributed by atoms with E-state index in [1.165, 1.54) is 70.7 Å². The molecule has 0 radical (unpaired) electrons. The lowest BCUT2D eigenvalue weighted by atomic mass is 9.89. The van der Waals surface area contributed by atoms with Gasteiger partial charge in [-0.05, 0) is 148 Å². The van der Waals surface area contributed by atoms with Gasteiger partial charge < -0.3 is 8.83 Å². The third-order valence-corrected chi connectivity index (χ3v) is 26.7. The van der Waals surface area contributed by atoms with Crippen molar-refractivity contribution in [3.8, 4) is 135 Å². The first kappa shape index (κ1) is 77.2. The van der Waals surface area contributed by atoms with Crippen LogP contribution in [0.25, 0.3) is 276 Å². The topological polar surface area (TPSA) is 104 Å². The molecule has 0 aliphatic heterocycles. The van der Waals surface area contributed by atoms with Crippen molar-refractivity contribution in [1.82, 2.24) is 29.9 Å². The molecule has 27 rings (SSSR count). The zero-order chi connectivity index (χ0) is 88.3. The molecular weight excluding hydrogens is 1630 g/mol. The SMILES string of the molecule is c1ccc(-c2ccc(-c3c4c(cc5c(-c6ccc(-c7cc(-c8cc9ccccc9c9ccccc89)nc(-c8ccccc8)n7)cc6)nc6ccccc6c35)oc3ccccc34)cc2)cc1.c1ccc(-c2ccc(-c3c4c(cc5c(-c6ccc(-c7cc(-c8ccc9c%10ccccc%10c%10ccccc%10c9c8)nc(-c8ccccc8)n7)cc6)nc6ccccc6c35)oc3ccccc34)cc2)cc1. The lowest BCUT2D eigenvalue weighted by molar-refractivity contribution is 0.669. The highest BCUT2D eigenvalue weighted by Gasteiger charge is 2.27. The van der Waals surface area contributed by atoms with Gasteiger partial charge in [0.05, 0.1) is 45.2 Å². The van der Waals surface area contributed by atoms with Crippen LogP contribution < -0.4 is 0 Å². The first-order chi connectivity index (χ1) is 66.4. The number of hydrogen-bond acceptors (Lipinski definition) is 8. The Labute approximate surface area is 770 Å². The summed E-state index contributed by atoms with van der Waals surface area (Å²) in [4.78, 5) is 31.8. The summed E-state index contributed by atoms with van der Waals surface area (Å²) >= 11 is 0. The highest BCUT2D eigenvalue weighted by Crippen LogP contribution is 2.51. The second kappa shape index (κ2) is 32.0. The van der Waals surface area contributed by atoms with Crippen LogP contribution in [0.4, 0.5) is 0 Å². The molecule has 8 nitrogen and oxygen atoms in total. The van der Waals surface area contributed by atoms with Gasteiger partial charge in [0.25, 0.3) is 0 Å². The molecule has 0 N–H and O–H groups in total. The van der Waals surface area contributed by atoms with Crippen molar-refractivity contribution in [2.24, 2.45) is 0 Å². The molecule has 0 spiro atoms. The zero-order valence-electron chi connectivity index (χ0n) is 72.4. The third-order valence-electron chi connectivity index (χ3n) is 26.7. The van der Waals surface area contributed by atoms with Crippen LogP contribution in [0.15, 0.2) is 470 Å². The Bertz CT molecular complexity index is 9360. The van der Waals surface area contributed by atoms with Gasteiger partial charge in [-0.2, -0.15) is 0 Å². The number of hydrogen-bond donors (Lipinski definition) is 0. The molecule has 21 aromatic carbocycles. The van der Waals surface area contributed by atoms with Gasteiger partial charge in [-0.3, -0.25) is 0 Å². The van der Waals surface area contributed by atoms with Crippen LogP contribution in [0, 0.1) is 0 Å². The van der Waals surface area contributed by atoms with E-state index in [9.17, 15) is 0 Å². The predicted molar refractivity (Wildman–Crippen MR) is 557 cm³/mol. The van der Waals surface area contributed by atoms with Crippen molar-refractivity contribution in [2.75, 3.05) is 0 Å². The van der Waals surface area contributed by atoms with Gasteiger partial charge in [-0.1, -0.05) is 400 Å². The maximum atomic E-state index is 6.71. The third kappa shape index (κ3) is 13.3. The minimum atomic E-state index is 0.678. The zero-order valence-corrected chi connectivity index (χ0v) is 72.4. The number of nitrogens with zero attached hydrogens (tertiary/aromatic N) is 6. The predicted octanol–water partition coefficient (Wildman–Crippen LogP) is 33.9. The highest BCUT2D eigenvalue weighted by molar-refractivity contribution is 6.31. The number of rotatable bonds is 12. The van der Waals surface area contributed by atoms with Gasteiger partial charge in [0.15, 0.2) is 11.6 Å². The molecule has 6 aromatic heterocycles. The Morgan fingerprint density at radius 1 is 0.149 bits per heavy atom. The summed E-state index contributed by atoms with van der Waals surface area (Å²) in [7, 11) is 0. The molecule has 622 valence electrons. The van der Waals surface area contributed by atoms with E-state index >= 15 is 0 Å². The van der Waals surface area contributed by atoms with Crippen molar-refractivity contribution in [1.29, 1.82) is 0 Å². The Morgan fingerprint density at radius 3 is 0.910 bits per heavy atom. The van der Waals surface area contributed by atoms with Crippen LogP contribution in [-0.4, -0.2) is 29.9 Å². The molecule has 0 aliphatic carbocycles. The van der Waals surface area contributed by atoms with Crippen molar-refractivity contribution in [3.05, 3.63) is 461 Å². The minimum absolute atomic E-state index is 0.678. The summed E-state index contributed by atoms with van der Waals surface area (Å²) in [6, 6.07) is 163. The van der Waals surface area contributed by atoms with Crippen LogP contribution in [-0.2, 0) is 0 Å². The normalized spacial score (nSPS) is 11.7. The lowest BCUT2D eigenvalue weighted by Crippen LogP contribution is -1.97. The molecule has 27 aromatic rings. The van der Waals surface area contributed by atoms with Gasteiger partial charge in [0.1, 0.15) is 22.3 Å². The fraction of sp³-hybridized carbons (Fsp3) is 0. The van der Waals surface area contributed by atoms with Crippen LogP contribution in [0.5, 0.6) is 0 Å². The number of para-hydroxylation sites is 4. The summed E-state index contributed by atoms with van der Waals surface area (Å²) < 4.78 is 13.4. The van der Waals surface area contributed by atoms with E-state index in [1.807, 2.05) is 48.5 Å². The average Bonchev–Trinajstić information content (AvgIpc) is 1.52. The van der Waals surface area contributed by atoms with Crippen molar-refractivity contribution < 1.29 is 8.83 Å². The van der Waals surface area contributed by atoms with Crippen molar-refractivity contribution in [2.45, 2.75) is 0 Å². The maximum Gasteiger partial charge on any atom is 0.160 e. The van der Waals surface area contributed by atoms with E-state index in [1.54, 1.807) is 0 Å². The van der Waals surface area contributed by atoms with Gasteiger partial charge in [0.2, 0.25) is 0 Å². The first-order valence-corrected chi connectivity index (χ1v) is 45.4. The number of pyridine rings is 2. The molecule has 0 aliphatic rings. The van der Waals surface area contributed by atoms with Gasteiger partial charge in [0, 0.05) is 109 Å². The number of benzene rings is 21. The summed E-state index contributed by atoms with van der Waals surface area (Å²) in [5, 5.41) is 23.1. The molecular formula is C126H76N6O2. The molecule has 0 atom stereocenters. The molecule has 0 fully saturated rings. The Kier molecular flexibility index (Phi) is 18.5. The van der Waals surface area contributed by atoms with E-state index in [0.29, 0.717) is 11.6 Å². The van der Waals surface area contributed by atoms with Gasteiger partial charge >= 0.3 is 0 Å². The summed E-state index contributed by atoms with van der Waals surface area (Å²) in [6.07, 6.45) is 0. The number of aromatic nitrogens is 6. The summed E-state index contributed by atoms with van der Waals surface area (Å²) in [5.74, 6) is 1.36. The van der Waals surface area contributed by atoms with Gasteiger partial charge in [-0.25, -0.2) is 29.9 Å². The molecule has 0 amide bonds. The first-order valence-electron chi connectivity index (χ1n) is 45.4. The molecule has 8 heteroatoms. The standard InChI is InChI=1S/C65H39N3O.C61H37N3O/c1-3-15-40(16-4-1)41-27-31-43(32-28-41)61-62-52-23-11-13-25-56(52)66-64(55(62)38-60-63(61)53-24-12-14-26-59(53)69-60)44-33-29-42(30-34-44)57-39-58(68-65(67-57)45-17-5-2-6-18-45)46-35-36-51-49-21-8-7-19-47(49)48-20-9-10-22-50(48)54(51)37-46;1-3-15-38(16-4-1)39-27-31-41(32-28-39)57-58-48-23-11-13-25-52(48)62-60(51(58)36-56-59(57)49-24-12-14-26-55(49)65-56)42-33-29-40(30-34-42)53-37-54(64-61(63-53)43-17-5-2-6-18-43)50-35-44-19-7-8-20-45(44)46-21-9-10-22-47(46)50/h1-39H;1-37H. The van der Waals surface area contributed by atoms with Crippen LogP contribution in [0.1, 0.15) is 0 Å². The second-order valence-corrected chi connectivity index (χ2v) is 34.5. The quantitative estimate of drug-likeness (QED) is 0.111. The largest absolute Gasteiger partial charge is 0.456 e. The molecule has 0 unspecified atom stereocenters. The molecule has 0 saturated heterocycles.